The fraction of sp³-hybridized carbons (Fsp3) is 0.667. The number of aromatic nitrogens is 2. The van der Waals surface area contributed by atoms with Crippen molar-refractivity contribution >= 4 is 17.2 Å². The summed E-state index contributed by atoms with van der Waals surface area (Å²) in [5.41, 5.74) is 5.55. The van der Waals surface area contributed by atoms with Gasteiger partial charge in [0.15, 0.2) is 5.75 Å². The van der Waals surface area contributed by atoms with Crippen LogP contribution in [0.2, 0.25) is 0 Å². The summed E-state index contributed by atoms with van der Waals surface area (Å²) < 4.78 is 7.35. The number of hydrogen-bond donors (Lipinski definition) is 1. The molecule has 0 aromatic carbocycles. The fourth-order valence-corrected chi connectivity index (χ4v) is 1.38. The average Bonchev–Trinajstić information content (AvgIpc) is 2.71. The van der Waals surface area contributed by atoms with E-state index in [4.69, 9.17) is 22.7 Å². The third-order valence-corrected chi connectivity index (χ3v) is 3.27. The molecule has 0 saturated carbocycles. The van der Waals surface area contributed by atoms with Gasteiger partial charge in [0.25, 0.3) is 0 Å². The predicted octanol–water partition coefficient (Wildman–Crippen LogP) is 2.37. The van der Waals surface area contributed by atoms with Gasteiger partial charge in [-0.05, 0) is 12.8 Å². The van der Waals surface area contributed by atoms with Crippen LogP contribution >= 0.6 is 12.2 Å². The van der Waals surface area contributed by atoms with Gasteiger partial charge in [-0.1, -0.05) is 33.0 Å². The Morgan fingerprint density at radius 1 is 1.59 bits per heavy atom. The molecule has 1 aromatic rings. The average molecular weight is 255 g/mol. The highest BCUT2D eigenvalue weighted by Gasteiger charge is 2.21. The Morgan fingerprint density at radius 3 is 2.88 bits per heavy atom. The Bertz CT molecular complexity index is 374. The first-order chi connectivity index (χ1) is 7.95. The molecule has 17 heavy (non-hydrogen) atoms. The molecule has 0 radical (unpaired) electrons. The van der Waals surface area contributed by atoms with E-state index in [-0.39, 0.29) is 5.41 Å². The SMILES string of the molecule is CCCOc1cnn(CCC(C)(C)C(N)=S)c1. The van der Waals surface area contributed by atoms with Crippen molar-refractivity contribution in [2.24, 2.45) is 11.1 Å². The molecular weight excluding hydrogens is 234 g/mol. The van der Waals surface area contributed by atoms with Crippen LogP contribution in [-0.4, -0.2) is 21.4 Å². The first kappa shape index (κ1) is 14.0. The van der Waals surface area contributed by atoms with Crippen LogP contribution in [0.25, 0.3) is 0 Å². The molecule has 0 aliphatic heterocycles. The molecule has 4 nitrogen and oxygen atoms in total. The van der Waals surface area contributed by atoms with Crippen molar-refractivity contribution in [3.05, 3.63) is 12.4 Å². The summed E-state index contributed by atoms with van der Waals surface area (Å²) in [6, 6.07) is 0. The molecule has 1 rings (SSSR count). The lowest BCUT2D eigenvalue weighted by atomic mass is 9.89. The highest BCUT2D eigenvalue weighted by molar-refractivity contribution is 7.80. The second-order valence-electron chi connectivity index (χ2n) is 4.79. The molecule has 2 N–H and O–H groups in total. The van der Waals surface area contributed by atoms with Crippen molar-refractivity contribution in [1.82, 2.24) is 9.78 Å². The highest BCUT2D eigenvalue weighted by atomic mass is 32.1. The van der Waals surface area contributed by atoms with Gasteiger partial charge in [-0.15, -0.1) is 0 Å². The Balaban J connectivity index is 2.47. The number of aryl methyl sites for hydroxylation is 1. The minimum absolute atomic E-state index is 0.133. The van der Waals surface area contributed by atoms with E-state index in [0.717, 1.165) is 31.7 Å². The molecule has 0 aliphatic rings. The summed E-state index contributed by atoms with van der Waals surface area (Å²) in [6.07, 6.45) is 5.52. The van der Waals surface area contributed by atoms with Crippen molar-refractivity contribution in [2.45, 2.75) is 40.2 Å². The summed E-state index contributed by atoms with van der Waals surface area (Å²) in [5.74, 6) is 0.819. The quantitative estimate of drug-likeness (QED) is 0.760. The zero-order chi connectivity index (χ0) is 12.9. The van der Waals surface area contributed by atoms with Crippen molar-refractivity contribution in [3.63, 3.8) is 0 Å². The van der Waals surface area contributed by atoms with Gasteiger partial charge < -0.3 is 10.5 Å². The molecule has 1 aromatic heterocycles. The smallest absolute Gasteiger partial charge is 0.157 e. The summed E-state index contributed by atoms with van der Waals surface area (Å²) in [6.45, 7) is 7.69. The Kier molecular flexibility index (Phi) is 4.93. The number of hydrogen-bond acceptors (Lipinski definition) is 3. The second-order valence-corrected chi connectivity index (χ2v) is 5.23. The Hall–Kier alpha value is -1.10. The summed E-state index contributed by atoms with van der Waals surface area (Å²) >= 11 is 5.03. The second kappa shape index (κ2) is 6.00. The first-order valence-electron chi connectivity index (χ1n) is 5.91. The van der Waals surface area contributed by atoms with Crippen molar-refractivity contribution < 1.29 is 4.74 Å². The van der Waals surface area contributed by atoms with E-state index in [1.165, 1.54) is 0 Å². The van der Waals surface area contributed by atoms with E-state index >= 15 is 0 Å². The molecular formula is C12H21N3OS. The van der Waals surface area contributed by atoms with Crippen molar-refractivity contribution in [2.75, 3.05) is 6.61 Å². The summed E-state index contributed by atoms with van der Waals surface area (Å²) in [5, 5.41) is 4.24. The lowest BCUT2D eigenvalue weighted by molar-refractivity contribution is 0.316. The van der Waals surface area contributed by atoms with Crippen LogP contribution < -0.4 is 10.5 Å². The monoisotopic (exact) mass is 255 g/mol. The molecule has 0 spiro atoms. The number of rotatable bonds is 7. The highest BCUT2D eigenvalue weighted by Crippen LogP contribution is 2.21. The predicted molar refractivity (Wildman–Crippen MR) is 73.2 cm³/mol. The molecule has 0 aliphatic carbocycles. The standard InChI is InChI=1S/C12H21N3OS/c1-4-7-16-10-8-14-15(9-10)6-5-12(2,3)11(13)17/h8-9H,4-7H2,1-3H3,(H2,13,17). The zero-order valence-corrected chi connectivity index (χ0v) is 11.6. The summed E-state index contributed by atoms with van der Waals surface area (Å²) in [7, 11) is 0. The first-order valence-corrected chi connectivity index (χ1v) is 6.31. The third kappa shape index (κ3) is 4.34. The zero-order valence-electron chi connectivity index (χ0n) is 10.8. The van der Waals surface area contributed by atoms with Crippen LogP contribution in [0.3, 0.4) is 0 Å². The third-order valence-electron chi connectivity index (χ3n) is 2.72. The normalized spacial score (nSPS) is 11.5. The fourth-order valence-electron chi connectivity index (χ4n) is 1.28. The minimum atomic E-state index is -0.133. The van der Waals surface area contributed by atoms with Crippen LogP contribution in [0.15, 0.2) is 12.4 Å². The molecule has 0 fully saturated rings. The van der Waals surface area contributed by atoms with Gasteiger partial charge in [0.1, 0.15) is 0 Å². The van der Waals surface area contributed by atoms with Gasteiger partial charge in [0.05, 0.1) is 24.0 Å². The maximum absolute atomic E-state index is 5.68. The topological polar surface area (TPSA) is 53.1 Å². The van der Waals surface area contributed by atoms with Crippen LogP contribution in [0, 0.1) is 5.41 Å². The molecule has 5 heteroatoms. The minimum Gasteiger partial charge on any atom is -0.490 e. The molecule has 1 heterocycles. The number of nitrogens with zero attached hydrogens (tertiary/aromatic N) is 2. The lowest BCUT2D eigenvalue weighted by Crippen LogP contribution is -2.30. The molecule has 0 atom stereocenters. The van der Waals surface area contributed by atoms with Gasteiger partial charge in [-0.3, -0.25) is 4.68 Å². The summed E-state index contributed by atoms with van der Waals surface area (Å²) in [4.78, 5) is 0.548. The maximum Gasteiger partial charge on any atom is 0.157 e. The van der Waals surface area contributed by atoms with Crippen molar-refractivity contribution in [3.8, 4) is 5.75 Å². The van der Waals surface area contributed by atoms with E-state index in [1.807, 2.05) is 24.7 Å². The van der Waals surface area contributed by atoms with E-state index in [1.54, 1.807) is 6.20 Å². The molecule has 96 valence electrons. The van der Waals surface area contributed by atoms with Gasteiger partial charge in [0, 0.05) is 12.0 Å². The maximum atomic E-state index is 5.68. The van der Waals surface area contributed by atoms with Crippen LogP contribution in [0.5, 0.6) is 5.75 Å². The van der Waals surface area contributed by atoms with Crippen molar-refractivity contribution in [1.29, 1.82) is 0 Å². The van der Waals surface area contributed by atoms with E-state index in [9.17, 15) is 0 Å². The van der Waals surface area contributed by atoms with E-state index in [0.29, 0.717) is 4.99 Å². The number of ether oxygens (including phenoxy) is 1. The molecule has 0 unspecified atom stereocenters. The van der Waals surface area contributed by atoms with Gasteiger partial charge in [0.2, 0.25) is 0 Å². The van der Waals surface area contributed by atoms with Gasteiger partial charge in [-0.2, -0.15) is 5.10 Å². The Morgan fingerprint density at radius 2 is 2.29 bits per heavy atom. The largest absolute Gasteiger partial charge is 0.490 e. The number of thiocarbonyl (C=S) groups is 1. The molecule has 0 bridgehead atoms. The van der Waals surface area contributed by atoms with Crippen LogP contribution in [-0.2, 0) is 6.54 Å². The van der Waals surface area contributed by atoms with E-state index < -0.39 is 0 Å². The van der Waals surface area contributed by atoms with Gasteiger partial charge in [-0.25, -0.2) is 0 Å². The van der Waals surface area contributed by atoms with Gasteiger partial charge >= 0.3 is 0 Å². The van der Waals surface area contributed by atoms with E-state index in [2.05, 4.69) is 12.0 Å². The van der Waals surface area contributed by atoms with Crippen LogP contribution in [0.1, 0.15) is 33.6 Å². The van der Waals surface area contributed by atoms with Crippen LogP contribution in [0.4, 0.5) is 0 Å². The number of nitrogens with two attached hydrogens (primary N) is 1. The lowest BCUT2D eigenvalue weighted by Gasteiger charge is -2.22. The molecule has 0 saturated heterocycles. The Labute approximate surface area is 108 Å². The molecule has 0 amide bonds.